The number of thioether (sulfide) groups is 1. The fourth-order valence-corrected chi connectivity index (χ4v) is 4.23. The summed E-state index contributed by atoms with van der Waals surface area (Å²) in [5.41, 5.74) is 3.09. The molecule has 0 bridgehead atoms. The van der Waals surface area contributed by atoms with E-state index in [1.54, 1.807) is 0 Å². The van der Waals surface area contributed by atoms with E-state index in [1.165, 1.54) is 30.6 Å². The number of rotatable bonds is 7. The quantitative estimate of drug-likeness (QED) is 0.653. The Morgan fingerprint density at radius 1 is 1.06 bits per heavy atom. The number of benzene rings is 2. The van der Waals surface area contributed by atoms with Gasteiger partial charge in [-0.2, -0.15) is 0 Å². The highest BCUT2D eigenvalue weighted by Crippen LogP contribution is 2.42. The highest BCUT2D eigenvalue weighted by atomic mass is 32.2. The van der Waals surface area contributed by atoms with Crippen LogP contribution in [0.5, 0.6) is 11.5 Å². The van der Waals surface area contributed by atoms with Gasteiger partial charge in [-0.25, -0.2) is 5.01 Å². The summed E-state index contributed by atoms with van der Waals surface area (Å²) in [4.78, 5) is 23.5. The van der Waals surface area contributed by atoms with E-state index >= 15 is 0 Å². The van der Waals surface area contributed by atoms with E-state index in [2.05, 4.69) is 22.6 Å². The second kappa shape index (κ2) is 10.3. The van der Waals surface area contributed by atoms with E-state index < -0.39 is 5.37 Å². The van der Waals surface area contributed by atoms with Crippen LogP contribution >= 0.6 is 11.8 Å². The van der Waals surface area contributed by atoms with Crippen LogP contribution in [0.4, 0.5) is 0 Å². The maximum Gasteiger partial charge on any atom is 0.241 e. The van der Waals surface area contributed by atoms with Crippen LogP contribution in [0.15, 0.2) is 47.6 Å². The third-order valence-corrected chi connectivity index (χ3v) is 5.67. The van der Waals surface area contributed by atoms with Crippen molar-refractivity contribution in [1.29, 1.82) is 0 Å². The van der Waals surface area contributed by atoms with Crippen molar-refractivity contribution in [3.8, 4) is 11.5 Å². The van der Waals surface area contributed by atoms with Crippen molar-refractivity contribution in [3.63, 3.8) is 0 Å². The molecule has 0 aromatic heterocycles. The topological polar surface area (TPSA) is 80.2 Å². The molecule has 0 saturated carbocycles. The summed E-state index contributed by atoms with van der Waals surface area (Å²) in [6.07, 6.45) is 0.712. The molecule has 31 heavy (non-hydrogen) atoms. The third kappa shape index (κ3) is 6.01. The molecule has 0 fully saturated rings. The van der Waals surface area contributed by atoms with Crippen LogP contribution in [0.3, 0.4) is 0 Å². The van der Waals surface area contributed by atoms with E-state index in [0.29, 0.717) is 30.6 Å². The Labute approximate surface area is 186 Å². The molecular formula is C23H27N3O4S. The Morgan fingerprint density at radius 3 is 2.48 bits per heavy atom. The molecule has 8 heteroatoms. The number of ether oxygens (including phenoxy) is 2. The summed E-state index contributed by atoms with van der Waals surface area (Å²) in [7, 11) is 0. The Hall–Kier alpha value is -3.00. The molecular weight excluding hydrogens is 414 g/mol. The van der Waals surface area contributed by atoms with Crippen LogP contribution in [0, 0.1) is 13.8 Å². The number of nitrogens with one attached hydrogen (secondary N) is 1. The summed E-state index contributed by atoms with van der Waals surface area (Å²) < 4.78 is 11.9. The number of amidine groups is 1. The smallest absolute Gasteiger partial charge is 0.241 e. The number of amides is 2. The fourth-order valence-electron chi connectivity index (χ4n) is 3.07. The van der Waals surface area contributed by atoms with E-state index in [0.717, 1.165) is 22.4 Å². The molecule has 3 rings (SSSR count). The van der Waals surface area contributed by atoms with Crippen LogP contribution in [-0.2, 0) is 9.59 Å². The zero-order chi connectivity index (χ0) is 22.4. The Kier molecular flexibility index (Phi) is 7.57. The van der Waals surface area contributed by atoms with Crippen LogP contribution in [-0.4, -0.2) is 35.2 Å². The van der Waals surface area contributed by atoms with Crippen molar-refractivity contribution in [3.05, 3.63) is 59.2 Å². The minimum absolute atomic E-state index is 0.213. The monoisotopic (exact) mass is 441 g/mol. The van der Waals surface area contributed by atoms with Gasteiger partial charge >= 0.3 is 0 Å². The van der Waals surface area contributed by atoms with Crippen LogP contribution in [0.2, 0.25) is 0 Å². The van der Waals surface area contributed by atoms with Gasteiger partial charge in [0.1, 0.15) is 16.9 Å². The van der Waals surface area contributed by atoms with Gasteiger partial charge < -0.3 is 14.8 Å². The molecule has 1 aliphatic heterocycles. The predicted molar refractivity (Wildman–Crippen MR) is 122 cm³/mol. The Bertz CT molecular complexity index is 993. The van der Waals surface area contributed by atoms with Crippen molar-refractivity contribution in [2.45, 2.75) is 39.5 Å². The maximum atomic E-state index is 12.1. The van der Waals surface area contributed by atoms with E-state index in [-0.39, 0.29) is 11.8 Å². The molecule has 1 N–H and O–H groups in total. The largest absolute Gasteiger partial charge is 0.493 e. The lowest BCUT2D eigenvalue weighted by Crippen LogP contribution is -2.25. The molecule has 2 aromatic carbocycles. The first-order valence-electron chi connectivity index (χ1n) is 10.1. The minimum atomic E-state index is -0.401. The first kappa shape index (κ1) is 22.7. The first-order valence-corrected chi connectivity index (χ1v) is 11.0. The Balaban J connectivity index is 1.61. The average molecular weight is 442 g/mol. The summed E-state index contributed by atoms with van der Waals surface area (Å²) in [6.45, 7) is 7.93. The van der Waals surface area contributed by atoms with Crippen molar-refractivity contribution in [1.82, 2.24) is 10.3 Å². The summed E-state index contributed by atoms with van der Waals surface area (Å²) >= 11 is 1.31. The van der Waals surface area contributed by atoms with Gasteiger partial charge in [-0.1, -0.05) is 42.1 Å². The van der Waals surface area contributed by atoms with Crippen LogP contribution in [0.25, 0.3) is 0 Å². The predicted octanol–water partition coefficient (Wildman–Crippen LogP) is 4.15. The highest BCUT2D eigenvalue weighted by Gasteiger charge is 2.34. The van der Waals surface area contributed by atoms with Crippen molar-refractivity contribution < 1.29 is 19.1 Å². The molecule has 1 aliphatic rings. The summed E-state index contributed by atoms with van der Waals surface area (Å²) in [5, 5.41) is 8.25. The number of hydrogen-bond donors (Lipinski definition) is 1. The van der Waals surface area contributed by atoms with Crippen LogP contribution < -0.4 is 14.8 Å². The van der Waals surface area contributed by atoms with Crippen LogP contribution in [0.1, 0.15) is 42.3 Å². The number of aryl methyl sites for hydroxylation is 2. The number of hydrazone groups is 1. The van der Waals surface area contributed by atoms with Crippen molar-refractivity contribution in [2.75, 3.05) is 13.2 Å². The van der Waals surface area contributed by atoms with Gasteiger partial charge in [-0.15, -0.1) is 5.10 Å². The van der Waals surface area contributed by atoms with Gasteiger partial charge in [0.05, 0.1) is 13.2 Å². The SMILES string of the molecule is CC(=O)NC1=NN(C(C)=O)C(c2ccccc2OCCCOc2cc(C)ccc2C)S1. The standard InChI is InChI=1S/C23H27N3O4S/c1-15-10-11-16(2)21(14-15)30-13-7-12-29-20-9-6-5-8-19(20)22-26(18(4)28)25-23(31-22)24-17(3)27/h5-6,8-11,14,22H,7,12-13H2,1-4H3,(H,24,25,27). The zero-order valence-electron chi connectivity index (χ0n) is 18.2. The minimum Gasteiger partial charge on any atom is -0.493 e. The molecule has 1 heterocycles. The number of para-hydroxylation sites is 1. The van der Waals surface area contributed by atoms with Crippen molar-refractivity contribution in [2.24, 2.45) is 5.10 Å². The molecule has 164 valence electrons. The number of nitrogens with zero attached hydrogens (tertiary/aromatic N) is 2. The Morgan fingerprint density at radius 2 is 1.77 bits per heavy atom. The number of carbonyl (C=O) groups excluding carboxylic acids is 2. The number of carbonyl (C=O) groups is 2. The molecule has 1 unspecified atom stereocenters. The van der Waals surface area contributed by atoms with E-state index in [1.807, 2.05) is 44.2 Å². The lowest BCUT2D eigenvalue weighted by Gasteiger charge is -2.22. The van der Waals surface area contributed by atoms with Gasteiger partial charge in [0.2, 0.25) is 11.8 Å². The molecule has 1 atom stereocenters. The third-order valence-electron chi connectivity index (χ3n) is 4.58. The van der Waals surface area contributed by atoms with Gasteiger partial charge in [-0.3, -0.25) is 9.59 Å². The summed E-state index contributed by atoms with van der Waals surface area (Å²) in [5.74, 6) is 1.12. The lowest BCUT2D eigenvalue weighted by atomic mass is 10.1. The van der Waals surface area contributed by atoms with E-state index in [4.69, 9.17) is 9.47 Å². The average Bonchev–Trinajstić information content (AvgIpc) is 3.14. The molecule has 0 aliphatic carbocycles. The summed E-state index contributed by atoms with van der Waals surface area (Å²) in [6, 6.07) is 13.7. The molecule has 0 radical (unpaired) electrons. The fraction of sp³-hybridized carbons (Fsp3) is 0.348. The lowest BCUT2D eigenvalue weighted by molar-refractivity contribution is -0.129. The van der Waals surface area contributed by atoms with E-state index in [9.17, 15) is 9.59 Å². The molecule has 0 saturated heterocycles. The zero-order valence-corrected chi connectivity index (χ0v) is 19.0. The first-order chi connectivity index (χ1) is 14.8. The van der Waals surface area contributed by atoms with Gasteiger partial charge in [0.25, 0.3) is 0 Å². The van der Waals surface area contributed by atoms with Gasteiger partial charge in [0, 0.05) is 25.8 Å². The van der Waals surface area contributed by atoms with Gasteiger partial charge in [0.15, 0.2) is 5.17 Å². The highest BCUT2D eigenvalue weighted by molar-refractivity contribution is 8.14. The normalized spacial score (nSPS) is 15.4. The second-order valence-corrected chi connectivity index (χ2v) is 8.35. The number of hydrogen-bond acceptors (Lipinski definition) is 6. The van der Waals surface area contributed by atoms with Crippen molar-refractivity contribution >= 4 is 28.7 Å². The second-order valence-electron chi connectivity index (χ2n) is 7.28. The molecule has 2 aromatic rings. The maximum absolute atomic E-state index is 12.1. The molecule has 0 spiro atoms. The molecule has 7 nitrogen and oxygen atoms in total. The van der Waals surface area contributed by atoms with Gasteiger partial charge in [-0.05, 0) is 37.1 Å². The molecule has 2 amide bonds.